The van der Waals surface area contributed by atoms with Crippen molar-refractivity contribution in [1.29, 1.82) is 0 Å². The summed E-state index contributed by atoms with van der Waals surface area (Å²) in [6.45, 7) is 3.25. The number of halogens is 4. The average Bonchev–Trinajstić information content (AvgIpc) is 2.52. The first kappa shape index (κ1) is 19.5. The maximum absolute atomic E-state index is 12.8. The van der Waals surface area contributed by atoms with Crippen LogP contribution in [0, 0.1) is 0 Å². The van der Waals surface area contributed by atoms with Crippen LogP contribution in [-0.4, -0.2) is 34.6 Å². The van der Waals surface area contributed by atoms with Gasteiger partial charge in [-0.25, -0.2) is 13.1 Å². The first-order valence-electron chi connectivity index (χ1n) is 7.90. The number of piperidine rings is 1. The third-order valence-electron chi connectivity index (χ3n) is 4.11. The van der Waals surface area contributed by atoms with Gasteiger partial charge in [0.05, 0.1) is 35.1 Å². The summed E-state index contributed by atoms with van der Waals surface area (Å²) < 4.78 is 65.1. The Morgan fingerprint density at radius 1 is 1.17 bits per heavy atom. The summed E-state index contributed by atoms with van der Waals surface area (Å²) in [5.74, 6) is 0. The Morgan fingerprint density at radius 3 is 2.46 bits per heavy atom. The fraction of sp³-hybridized carbons (Fsp3) is 0.600. The van der Waals surface area contributed by atoms with Gasteiger partial charge in [-0.3, -0.25) is 0 Å². The molecule has 24 heavy (non-hydrogen) atoms. The summed E-state index contributed by atoms with van der Waals surface area (Å²) in [4.78, 5) is 1.02. The molecule has 0 bridgehead atoms. The molecule has 136 valence electrons. The van der Waals surface area contributed by atoms with Gasteiger partial charge in [-0.1, -0.05) is 11.6 Å². The van der Waals surface area contributed by atoms with Crippen molar-refractivity contribution in [3.63, 3.8) is 0 Å². The molecule has 4 nitrogen and oxygen atoms in total. The van der Waals surface area contributed by atoms with Crippen LogP contribution in [-0.2, 0) is 16.2 Å². The number of sulfonamides is 1. The van der Waals surface area contributed by atoms with Crippen LogP contribution in [0.2, 0.25) is 5.02 Å². The molecule has 0 saturated carbocycles. The second-order valence-electron chi connectivity index (χ2n) is 5.95. The van der Waals surface area contributed by atoms with E-state index in [0.717, 1.165) is 31.8 Å². The van der Waals surface area contributed by atoms with E-state index >= 15 is 0 Å². The van der Waals surface area contributed by atoms with Gasteiger partial charge in [0.2, 0.25) is 10.0 Å². The van der Waals surface area contributed by atoms with Gasteiger partial charge < -0.3 is 4.90 Å². The monoisotopic (exact) mass is 385 g/mol. The predicted octanol–water partition coefficient (Wildman–Crippen LogP) is 2.10. The van der Waals surface area contributed by atoms with Gasteiger partial charge in [0.15, 0.2) is 0 Å². The molecular weight excluding hydrogens is 365 g/mol. The van der Waals surface area contributed by atoms with Crippen molar-refractivity contribution < 1.29 is 26.5 Å². The topological polar surface area (TPSA) is 50.6 Å². The predicted molar refractivity (Wildman–Crippen MR) is 85.7 cm³/mol. The fourth-order valence-corrected chi connectivity index (χ4v) is 4.14. The van der Waals surface area contributed by atoms with Crippen molar-refractivity contribution in [3.8, 4) is 0 Å². The maximum Gasteiger partial charge on any atom is 0.417 e. The summed E-state index contributed by atoms with van der Waals surface area (Å²) in [7, 11) is -3.98. The van der Waals surface area contributed by atoms with E-state index < -0.39 is 31.7 Å². The summed E-state index contributed by atoms with van der Waals surface area (Å²) in [5.41, 5.74) is -1.15. The number of likely N-dealkylation sites (tertiary alicyclic amines) is 1. The highest BCUT2D eigenvalue weighted by Crippen LogP contribution is 2.35. The molecule has 2 N–H and O–H groups in total. The van der Waals surface area contributed by atoms with Crippen molar-refractivity contribution in [2.45, 2.75) is 36.8 Å². The van der Waals surface area contributed by atoms with Crippen molar-refractivity contribution in [3.05, 3.63) is 28.8 Å². The van der Waals surface area contributed by atoms with Crippen LogP contribution >= 0.6 is 11.6 Å². The van der Waals surface area contributed by atoms with E-state index in [2.05, 4.69) is 4.72 Å². The van der Waals surface area contributed by atoms with E-state index in [1.165, 1.54) is 24.2 Å². The lowest BCUT2D eigenvalue weighted by Gasteiger charge is -2.23. The van der Waals surface area contributed by atoms with Crippen LogP contribution in [0.1, 0.15) is 31.2 Å². The van der Waals surface area contributed by atoms with E-state index in [1.54, 1.807) is 0 Å². The number of benzene rings is 1. The van der Waals surface area contributed by atoms with Crippen LogP contribution in [0.15, 0.2) is 23.1 Å². The van der Waals surface area contributed by atoms with E-state index in [1.807, 2.05) is 0 Å². The highest BCUT2D eigenvalue weighted by atomic mass is 35.5. The molecular formula is C15H21ClF3N2O2S+. The van der Waals surface area contributed by atoms with Crippen molar-refractivity contribution >= 4 is 21.6 Å². The molecule has 9 heteroatoms. The molecule has 0 aromatic heterocycles. The second-order valence-corrected chi connectivity index (χ2v) is 8.13. The Kier molecular flexibility index (Phi) is 6.52. The first-order chi connectivity index (χ1) is 11.2. The first-order valence-corrected chi connectivity index (χ1v) is 9.76. The standard InChI is InChI=1S/C15H20ClF3N2O2S/c16-14-6-5-12(11-13(14)15(17,18)19)24(22,23)20-7-4-10-21-8-2-1-3-9-21/h5-6,11,20H,1-4,7-10H2/p+1. The van der Waals surface area contributed by atoms with Gasteiger partial charge in [0.25, 0.3) is 0 Å². The molecule has 0 amide bonds. The fourth-order valence-electron chi connectivity index (χ4n) is 2.82. The summed E-state index contributed by atoms with van der Waals surface area (Å²) in [6.07, 6.45) is -0.430. The van der Waals surface area contributed by atoms with E-state index in [-0.39, 0.29) is 6.54 Å². The molecule has 1 heterocycles. The minimum absolute atomic E-state index is 0.204. The molecule has 1 fully saturated rings. The zero-order valence-corrected chi connectivity index (χ0v) is 14.7. The smallest absolute Gasteiger partial charge is 0.335 e. The molecule has 0 radical (unpaired) electrons. The number of alkyl halides is 3. The molecule has 2 rings (SSSR count). The van der Waals surface area contributed by atoms with Crippen LogP contribution < -0.4 is 9.62 Å². The summed E-state index contributed by atoms with van der Waals surface area (Å²) >= 11 is 5.51. The van der Waals surface area contributed by atoms with E-state index in [4.69, 9.17) is 11.6 Å². The van der Waals surface area contributed by atoms with Gasteiger partial charge in [-0.15, -0.1) is 0 Å². The van der Waals surface area contributed by atoms with Crippen LogP contribution in [0.5, 0.6) is 0 Å². The summed E-state index contributed by atoms with van der Waals surface area (Å²) in [5, 5.41) is -0.518. The number of rotatable bonds is 6. The lowest BCUT2D eigenvalue weighted by atomic mass is 10.1. The van der Waals surface area contributed by atoms with E-state index in [9.17, 15) is 21.6 Å². The SMILES string of the molecule is O=S(=O)(NCCC[NH+]1CCCCC1)c1ccc(Cl)c(C(F)(F)F)c1. The zero-order chi connectivity index (χ0) is 17.8. The Hall–Kier alpha value is -0.830. The van der Waals surface area contributed by atoms with Crippen molar-refractivity contribution in [1.82, 2.24) is 4.72 Å². The number of hydrogen-bond donors (Lipinski definition) is 2. The Bertz CT molecular complexity index is 659. The highest BCUT2D eigenvalue weighted by molar-refractivity contribution is 7.89. The second kappa shape index (κ2) is 8.03. The molecule has 0 spiro atoms. The molecule has 0 aliphatic carbocycles. The lowest BCUT2D eigenvalue weighted by Crippen LogP contribution is -3.12. The van der Waals surface area contributed by atoms with Crippen LogP contribution in [0.3, 0.4) is 0 Å². The van der Waals surface area contributed by atoms with Gasteiger partial charge in [-0.05, 0) is 37.5 Å². The molecule has 0 atom stereocenters. The lowest BCUT2D eigenvalue weighted by molar-refractivity contribution is -0.904. The van der Waals surface area contributed by atoms with Gasteiger partial charge >= 0.3 is 6.18 Å². The zero-order valence-electron chi connectivity index (χ0n) is 13.1. The third-order valence-corrected chi connectivity index (χ3v) is 5.90. The largest absolute Gasteiger partial charge is 0.417 e. The summed E-state index contributed by atoms with van der Waals surface area (Å²) in [6, 6.07) is 2.60. The molecule has 1 aliphatic heterocycles. The Balaban J connectivity index is 1.95. The minimum atomic E-state index is -4.69. The molecule has 0 unspecified atom stereocenters. The highest BCUT2D eigenvalue weighted by Gasteiger charge is 2.34. The third kappa shape index (κ3) is 5.34. The Labute approximate surface area is 145 Å². The molecule has 1 aromatic carbocycles. The average molecular weight is 386 g/mol. The molecule has 1 aromatic rings. The minimum Gasteiger partial charge on any atom is -0.335 e. The van der Waals surface area contributed by atoms with Crippen LogP contribution in [0.25, 0.3) is 0 Å². The number of nitrogens with one attached hydrogen (secondary N) is 2. The quantitative estimate of drug-likeness (QED) is 0.737. The number of hydrogen-bond acceptors (Lipinski definition) is 2. The van der Waals surface area contributed by atoms with Gasteiger partial charge in [-0.2, -0.15) is 13.2 Å². The normalized spacial score (nSPS) is 17.2. The molecule has 1 aliphatic rings. The van der Waals surface area contributed by atoms with Crippen molar-refractivity contribution in [2.24, 2.45) is 0 Å². The Morgan fingerprint density at radius 2 is 1.83 bits per heavy atom. The number of quaternary nitrogens is 1. The van der Waals surface area contributed by atoms with Gasteiger partial charge in [0.1, 0.15) is 0 Å². The molecule has 1 saturated heterocycles. The van der Waals surface area contributed by atoms with Gasteiger partial charge in [0, 0.05) is 13.0 Å². The maximum atomic E-state index is 12.8. The van der Waals surface area contributed by atoms with E-state index in [0.29, 0.717) is 12.5 Å². The van der Waals surface area contributed by atoms with Crippen molar-refractivity contribution in [2.75, 3.05) is 26.2 Å². The van der Waals surface area contributed by atoms with Crippen LogP contribution in [0.4, 0.5) is 13.2 Å².